The van der Waals surface area contributed by atoms with E-state index in [0.717, 1.165) is 43.3 Å². The SMILES string of the molecule is CC(C)N1C(=O)c2ccccc2C(C(=O)N2CCN(C)CC2)C12CN(Cc1nccs1)C2. The molecule has 1 aromatic heterocycles. The molecule has 7 nitrogen and oxygen atoms in total. The van der Waals surface area contributed by atoms with Crippen molar-refractivity contribution in [1.82, 2.24) is 24.6 Å². The predicted octanol–water partition coefficient (Wildman–Crippen LogP) is 2.12. The van der Waals surface area contributed by atoms with E-state index < -0.39 is 5.54 Å². The lowest BCUT2D eigenvalue weighted by Gasteiger charge is -2.62. The lowest BCUT2D eigenvalue weighted by atomic mass is 9.67. The average Bonchev–Trinajstić information content (AvgIpc) is 3.26. The maximum atomic E-state index is 14.1. The first kappa shape index (κ1) is 21.6. The Kier molecular flexibility index (Phi) is 5.55. The molecular formula is C24H31N5O2S. The van der Waals surface area contributed by atoms with Crippen LogP contribution in [0, 0.1) is 0 Å². The van der Waals surface area contributed by atoms with Crippen molar-refractivity contribution in [2.75, 3.05) is 46.3 Å². The molecule has 0 N–H and O–H groups in total. The van der Waals surface area contributed by atoms with Crippen LogP contribution in [0.15, 0.2) is 35.8 Å². The second-order valence-electron chi connectivity index (χ2n) is 9.59. The zero-order valence-electron chi connectivity index (χ0n) is 19.0. The molecule has 0 radical (unpaired) electrons. The molecule has 0 bridgehead atoms. The van der Waals surface area contributed by atoms with Crippen LogP contribution in [0.5, 0.6) is 0 Å². The van der Waals surface area contributed by atoms with Crippen LogP contribution in [0.1, 0.15) is 40.7 Å². The number of aromatic nitrogens is 1. The van der Waals surface area contributed by atoms with Crippen LogP contribution in [0.3, 0.4) is 0 Å². The summed E-state index contributed by atoms with van der Waals surface area (Å²) >= 11 is 1.65. The topological polar surface area (TPSA) is 60.0 Å². The van der Waals surface area contributed by atoms with E-state index in [9.17, 15) is 9.59 Å². The summed E-state index contributed by atoms with van der Waals surface area (Å²) < 4.78 is 0. The minimum atomic E-state index is -0.517. The van der Waals surface area contributed by atoms with Crippen molar-refractivity contribution < 1.29 is 9.59 Å². The van der Waals surface area contributed by atoms with Crippen molar-refractivity contribution in [3.8, 4) is 0 Å². The molecule has 2 fully saturated rings. The van der Waals surface area contributed by atoms with Gasteiger partial charge in [-0.05, 0) is 32.5 Å². The number of thiazole rings is 1. The summed E-state index contributed by atoms with van der Waals surface area (Å²) in [5.41, 5.74) is 1.06. The van der Waals surface area contributed by atoms with E-state index in [2.05, 4.69) is 35.7 Å². The first-order valence-electron chi connectivity index (χ1n) is 11.4. The number of carbonyl (C=O) groups excluding carboxylic acids is 2. The average molecular weight is 454 g/mol. The van der Waals surface area contributed by atoms with Crippen LogP contribution < -0.4 is 0 Å². The van der Waals surface area contributed by atoms with Gasteiger partial charge in [-0.2, -0.15) is 0 Å². The van der Waals surface area contributed by atoms with E-state index >= 15 is 0 Å². The Morgan fingerprint density at radius 1 is 1.19 bits per heavy atom. The largest absolute Gasteiger partial charge is 0.340 e. The summed E-state index contributed by atoms with van der Waals surface area (Å²) in [6.45, 7) is 9.51. The molecule has 2 aromatic rings. The van der Waals surface area contributed by atoms with Gasteiger partial charge in [-0.15, -0.1) is 11.3 Å². The molecule has 32 heavy (non-hydrogen) atoms. The molecule has 1 atom stereocenters. The number of hydrogen-bond donors (Lipinski definition) is 0. The fourth-order valence-corrected chi connectivity index (χ4v) is 6.38. The summed E-state index contributed by atoms with van der Waals surface area (Å²) in [7, 11) is 2.10. The van der Waals surface area contributed by atoms with E-state index in [4.69, 9.17) is 0 Å². The molecule has 0 saturated carbocycles. The van der Waals surface area contributed by atoms with E-state index in [1.165, 1.54) is 0 Å². The van der Waals surface area contributed by atoms with Crippen molar-refractivity contribution >= 4 is 23.2 Å². The molecule has 5 rings (SSSR count). The maximum Gasteiger partial charge on any atom is 0.254 e. The quantitative estimate of drug-likeness (QED) is 0.710. The Bertz CT molecular complexity index is 994. The van der Waals surface area contributed by atoms with Crippen LogP contribution in [0.2, 0.25) is 0 Å². The van der Waals surface area contributed by atoms with Crippen LogP contribution in [-0.2, 0) is 11.3 Å². The molecule has 8 heteroatoms. The lowest BCUT2D eigenvalue weighted by molar-refractivity contribution is -0.146. The number of benzene rings is 1. The van der Waals surface area contributed by atoms with E-state index in [1.54, 1.807) is 11.3 Å². The highest BCUT2D eigenvalue weighted by molar-refractivity contribution is 7.09. The first-order chi connectivity index (χ1) is 15.4. The molecule has 1 unspecified atom stereocenters. The predicted molar refractivity (Wildman–Crippen MR) is 125 cm³/mol. The highest BCUT2D eigenvalue weighted by Gasteiger charge is 2.61. The summed E-state index contributed by atoms with van der Waals surface area (Å²) in [6, 6.07) is 7.76. The molecule has 2 saturated heterocycles. The first-order valence-corrected chi connectivity index (χ1v) is 12.3. The van der Waals surface area contributed by atoms with Gasteiger partial charge < -0.3 is 14.7 Å². The molecule has 2 amide bonds. The summed E-state index contributed by atoms with van der Waals surface area (Å²) in [5.74, 6) is -0.126. The van der Waals surface area contributed by atoms with Crippen molar-refractivity contribution in [2.45, 2.75) is 37.9 Å². The zero-order valence-corrected chi connectivity index (χ0v) is 19.8. The van der Waals surface area contributed by atoms with Gasteiger partial charge in [-0.1, -0.05) is 18.2 Å². The Labute approximate surface area is 193 Å². The fraction of sp³-hybridized carbons (Fsp3) is 0.542. The van der Waals surface area contributed by atoms with Crippen LogP contribution in [-0.4, -0.2) is 94.3 Å². The van der Waals surface area contributed by atoms with Gasteiger partial charge in [0, 0.05) is 62.5 Å². The molecular weight excluding hydrogens is 422 g/mol. The van der Waals surface area contributed by atoms with Crippen molar-refractivity contribution in [3.63, 3.8) is 0 Å². The highest BCUT2D eigenvalue weighted by Crippen LogP contribution is 2.48. The maximum absolute atomic E-state index is 14.1. The Morgan fingerprint density at radius 3 is 2.56 bits per heavy atom. The van der Waals surface area contributed by atoms with E-state index in [1.807, 2.05) is 45.6 Å². The van der Waals surface area contributed by atoms with Gasteiger partial charge in [-0.3, -0.25) is 14.5 Å². The molecule has 1 aromatic carbocycles. The molecule has 0 aliphatic carbocycles. The van der Waals surface area contributed by atoms with Crippen molar-refractivity contribution in [3.05, 3.63) is 52.0 Å². The van der Waals surface area contributed by atoms with Crippen LogP contribution >= 0.6 is 11.3 Å². The van der Waals surface area contributed by atoms with Gasteiger partial charge in [0.25, 0.3) is 5.91 Å². The lowest BCUT2D eigenvalue weighted by Crippen LogP contribution is -2.77. The number of fused-ring (bicyclic) bond motifs is 1. The minimum Gasteiger partial charge on any atom is -0.340 e. The highest BCUT2D eigenvalue weighted by atomic mass is 32.1. The molecule has 3 aliphatic rings. The van der Waals surface area contributed by atoms with Gasteiger partial charge in [0.15, 0.2) is 0 Å². The molecule has 1 spiro atoms. The van der Waals surface area contributed by atoms with E-state index in [0.29, 0.717) is 18.7 Å². The molecule has 4 heterocycles. The number of carbonyl (C=O) groups is 2. The van der Waals surface area contributed by atoms with E-state index in [-0.39, 0.29) is 23.8 Å². The Balaban J connectivity index is 1.53. The van der Waals surface area contributed by atoms with Crippen LogP contribution in [0.25, 0.3) is 0 Å². The monoisotopic (exact) mass is 453 g/mol. The number of piperazine rings is 1. The van der Waals surface area contributed by atoms with Crippen molar-refractivity contribution in [1.29, 1.82) is 0 Å². The number of nitrogens with zero attached hydrogens (tertiary/aromatic N) is 5. The molecule has 3 aliphatic heterocycles. The number of hydrogen-bond acceptors (Lipinski definition) is 6. The standard InChI is InChI=1S/C24H31N5O2S/c1-17(2)29-22(30)19-7-5-4-6-18(19)21(23(31)28-11-9-26(3)10-12-28)24(29)15-27(16-24)14-20-25-8-13-32-20/h4-8,13,17,21H,9-12,14-16H2,1-3H3. The Morgan fingerprint density at radius 2 is 1.91 bits per heavy atom. The second-order valence-corrected chi connectivity index (χ2v) is 10.6. The summed E-state index contributed by atoms with van der Waals surface area (Å²) in [5, 5.41) is 3.06. The smallest absolute Gasteiger partial charge is 0.254 e. The minimum absolute atomic E-state index is 0.0145. The fourth-order valence-electron chi connectivity index (χ4n) is 5.72. The van der Waals surface area contributed by atoms with Gasteiger partial charge in [0.05, 0.1) is 18.0 Å². The van der Waals surface area contributed by atoms with Gasteiger partial charge in [-0.25, -0.2) is 4.98 Å². The van der Waals surface area contributed by atoms with Crippen LogP contribution in [0.4, 0.5) is 0 Å². The third-order valence-corrected chi connectivity index (χ3v) is 7.92. The number of likely N-dealkylation sites (N-methyl/N-ethyl adjacent to an activating group) is 1. The number of amides is 2. The summed E-state index contributed by atoms with van der Waals surface area (Å²) in [6.07, 6.45) is 1.83. The normalized spacial score (nSPS) is 23.5. The number of rotatable bonds is 4. The zero-order chi connectivity index (χ0) is 22.5. The van der Waals surface area contributed by atoms with Gasteiger partial charge >= 0.3 is 0 Å². The third kappa shape index (κ3) is 3.45. The van der Waals surface area contributed by atoms with Gasteiger partial charge in [0.1, 0.15) is 5.01 Å². The second kappa shape index (κ2) is 8.24. The Hall–Kier alpha value is -2.29. The van der Waals surface area contributed by atoms with Gasteiger partial charge in [0.2, 0.25) is 5.91 Å². The van der Waals surface area contributed by atoms with Crippen molar-refractivity contribution in [2.24, 2.45) is 0 Å². The number of likely N-dealkylation sites (tertiary alicyclic amines) is 1. The third-order valence-electron chi connectivity index (χ3n) is 7.15. The summed E-state index contributed by atoms with van der Waals surface area (Å²) in [4.78, 5) is 40.7. The molecule has 170 valence electrons.